The molecule has 1 N–H and O–H groups in total. The van der Waals surface area contributed by atoms with Gasteiger partial charge in [-0.2, -0.15) is 0 Å². The lowest BCUT2D eigenvalue weighted by molar-refractivity contribution is -0.124. The molecule has 7 heteroatoms. The molecule has 120 valence electrons. The van der Waals surface area contributed by atoms with Crippen molar-refractivity contribution in [3.05, 3.63) is 69.7 Å². The topological polar surface area (TPSA) is 55.4 Å². The van der Waals surface area contributed by atoms with Crippen LogP contribution in [0.4, 0.5) is 8.78 Å². The standard InChI is InChI=1S/C16H12BrF2NO3/c17-13-4-2-1-3-12(13)16(22)23-9-15(21)20-8-10-5-6-11(18)7-14(10)19/h1-7H,8-9H2,(H,20,21). The van der Waals surface area contributed by atoms with Gasteiger partial charge in [-0.3, -0.25) is 4.79 Å². The molecular weight excluding hydrogens is 372 g/mol. The molecule has 0 bridgehead atoms. The third-order valence-electron chi connectivity index (χ3n) is 2.92. The van der Waals surface area contributed by atoms with Crippen LogP contribution in [-0.2, 0) is 16.1 Å². The Morgan fingerprint density at radius 2 is 1.87 bits per heavy atom. The number of hydrogen-bond donors (Lipinski definition) is 1. The number of nitrogens with one attached hydrogen (secondary N) is 1. The Morgan fingerprint density at radius 1 is 1.13 bits per heavy atom. The van der Waals surface area contributed by atoms with Crippen molar-refractivity contribution in [3.8, 4) is 0 Å². The average Bonchev–Trinajstić information content (AvgIpc) is 2.52. The molecule has 0 aliphatic carbocycles. The molecule has 0 aliphatic heterocycles. The minimum Gasteiger partial charge on any atom is -0.452 e. The van der Waals surface area contributed by atoms with Crippen molar-refractivity contribution in [3.63, 3.8) is 0 Å². The monoisotopic (exact) mass is 383 g/mol. The number of amides is 1. The summed E-state index contributed by atoms with van der Waals surface area (Å²) < 4.78 is 31.6. The van der Waals surface area contributed by atoms with E-state index in [4.69, 9.17) is 4.74 Å². The first kappa shape index (κ1) is 17.1. The Kier molecular flexibility index (Phi) is 5.81. The molecule has 0 spiro atoms. The number of esters is 1. The smallest absolute Gasteiger partial charge is 0.339 e. The second kappa shape index (κ2) is 7.82. The zero-order chi connectivity index (χ0) is 16.8. The summed E-state index contributed by atoms with van der Waals surface area (Å²) in [5, 5.41) is 2.39. The number of halogens is 3. The van der Waals surface area contributed by atoms with E-state index in [1.165, 1.54) is 6.07 Å². The maximum absolute atomic E-state index is 13.4. The van der Waals surface area contributed by atoms with Gasteiger partial charge in [0.25, 0.3) is 5.91 Å². The van der Waals surface area contributed by atoms with Gasteiger partial charge in [-0.25, -0.2) is 13.6 Å². The molecule has 1 amide bonds. The van der Waals surface area contributed by atoms with Crippen LogP contribution in [0.15, 0.2) is 46.9 Å². The summed E-state index contributed by atoms with van der Waals surface area (Å²) >= 11 is 3.21. The highest BCUT2D eigenvalue weighted by Gasteiger charge is 2.13. The second-order valence-corrected chi connectivity index (χ2v) is 5.42. The third kappa shape index (κ3) is 4.85. The van der Waals surface area contributed by atoms with Crippen molar-refractivity contribution in [1.29, 1.82) is 0 Å². The lowest BCUT2D eigenvalue weighted by Crippen LogP contribution is -2.28. The van der Waals surface area contributed by atoms with Gasteiger partial charge in [-0.05, 0) is 34.1 Å². The maximum atomic E-state index is 13.4. The average molecular weight is 384 g/mol. The zero-order valence-corrected chi connectivity index (χ0v) is 13.4. The summed E-state index contributed by atoms with van der Waals surface area (Å²) in [6, 6.07) is 9.69. The number of carbonyl (C=O) groups is 2. The summed E-state index contributed by atoms with van der Waals surface area (Å²) in [7, 11) is 0. The number of rotatable bonds is 5. The van der Waals surface area contributed by atoms with Crippen molar-refractivity contribution >= 4 is 27.8 Å². The number of carbonyl (C=O) groups excluding carboxylic acids is 2. The molecule has 0 aliphatic rings. The molecule has 0 unspecified atom stereocenters. The van der Waals surface area contributed by atoms with E-state index in [9.17, 15) is 18.4 Å². The SMILES string of the molecule is O=C(COC(=O)c1ccccc1Br)NCc1ccc(F)cc1F. The lowest BCUT2D eigenvalue weighted by Gasteiger charge is -2.08. The fourth-order valence-corrected chi connectivity index (χ4v) is 2.19. The second-order valence-electron chi connectivity index (χ2n) is 4.57. The van der Waals surface area contributed by atoms with Crippen LogP contribution in [0.1, 0.15) is 15.9 Å². The van der Waals surface area contributed by atoms with Gasteiger partial charge in [0, 0.05) is 22.6 Å². The van der Waals surface area contributed by atoms with Crippen LogP contribution in [0, 0.1) is 11.6 Å². The summed E-state index contributed by atoms with van der Waals surface area (Å²) in [4.78, 5) is 23.4. The van der Waals surface area contributed by atoms with Crippen molar-refractivity contribution < 1.29 is 23.1 Å². The Labute approximate surface area is 139 Å². The van der Waals surface area contributed by atoms with E-state index < -0.39 is 30.1 Å². The van der Waals surface area contributed by atoms with Crippen LogP contribution in [0.5, 0.6) is 0 Å². The Bertz CT molecular complexity index is 737. The van der Waals surface area contributed by atoms with Crippen LogP contribution < -0.4 is 5.32 Å². The van der Waals surface area contributed by atoms with E-state index >= 15 is 0 Å². The third-order valence-corrected chi connectivity index (χ3v) is 3.61. The van der Waals surface area contributed by atoms with Crippen molar-refractivity contribution in [2.45, 2.75) is 6.54 Å². The number of benzene rings is 2. The molecular formula is C16H12BrF2NO3. The van der Waals surface area contributed by atoms with Crippen molar-refractivity contribution in [2.24, 2.45) is 0 Å². The van der Waals surface area contributed by atoms with Gasteiger partial charge in [0.2, 0.25) is 0 Å². The largest absolute Gasteiger partial charge is 0.452 e. The molecule has 2 aromatic carbocycles. The first-order valence-corrected chi connectivity index (χ1v) is 7.39. The van der Waals surface area contributed by atoms with Crippen LogP contribution >= 0.6 is 15.9 Å². The van der Waals surface area contributed by atoms with Gasteiger partial charge in [-0.1, -0.05) is 18.2 Å². The van der Waals surface area contributed by atoms with Gasteiger partial charge in [0.15, 0.2) is 6.61 Å². The van der Waals surface area contributed by atoms with Crippen LogP contribution in [-0.4, -0.2) is 18.5 Å². The molecule has 0 saturated carbocycles. The first-order chi connectivity index (χ1) is 11.0. The Hall–Kier alpha value is -2.28. The number of ether oxygens (including phenoxy) is 1. The highest BCUT2D eigenvalue weighted by Crippen LogP contribution is 2.16. The summed E-state index contributed by atoms with van der Waals surface area (Å²) in [6.07, 6.45) is 0. The highest BCUT2D eigenvalue weighted by atomic mass is 79.9. The summed E-state index contributed by atoms with van der Waals surface area (Å²) in [5.41, 5.74) is 0.432. The number of hydrogen-bond acceptors (Lipinski definition) is 3. The summed E-state index contributed by atoms with van der Waals surface area (Å²) in [5.74, 6) is -2.69. The van der Waals surface area contributed by atoms with Gasteiger partial charge >= 0.3 is 5.97 Å². The molecule has 0 saturated heterocycles. The van der Waals surface area contributed by atoms with Crippen molar-refractivity contribution in [2.75, 3.05) is 6.61 Å². The molecule has 2 aromatic rings. The van der Waals surface area contributed by atoms with Gasteiger partial charge < -0.3 is 10.1 Å². The molecule has 23 heavy (non-hydrogen) atoms. The lowest BCUT2D eigenvalue weighted by atomic mass is 10.2. The molecule has 0 fully saturated rings. The Morgan fingerprint density at radius 3 is 2.57 bits per heavy atom. The van der Waals surface area contributed by atoms with E-state index in [1.54, 1.807) is 24.3 Å². The van der Waals surface area contributed by atoms with Gasteiger partial charge in [0.1, 0.15) is 11.6 Å². The Balaban J connectivity index is 1.83. The fourth-order valence-electron chi connectivity index (χ4n) is 1.75. The predicted octanol–water partition coefficient (Wildman–Crippen LogP) is 3.20. The van der Waals surface area contributed by atoms with Crippen LogP contribution in [0.2, 0.25) is 0 Å². The normalized spacial score (nSPS) is 10.2. The molecule has 0 radical (unpaired) electrons. The predicted molar refractivity (Wildman–Crippen MR) is 82.6 cm³/mol. The summed E-state index contributed by atoms with van der Waals surface area (Å²) in [6.45, 7) is -0.624. The van der Waals surface area contributed by atoms with Crippen LogP contribution in [0.25, 0.3) is 0 Å². The van der Waals surface area contributed by atoms with Crippen LogP contribution in [0.3, 0.4) is 0 Å². The molecule has 0 heterocycles. The van der Waals surface area contributed by atoms with E-state index in [1.807, 2.05) is 0 Å². The zero-order valence-electron chi connectivity index (χ0n) is 11.8. The molecule has 2 rings (SSSR count). The van der Waals surface area contributed by atoms with Crippen molar-refractivity contribution in [1.82, 2.24) is 5.32 Å². The maximum Gasteiger partial charge on any atom is 0.339 e. The van der Waals surface area contributed by atoms with Gasteiger partial charge in [-0.15, -0.1) is 0 Å². The minimum atomic E-state index is -0.754. The fraction of sp³-hybridized carbons (Fsp3) is 0.125. The van der Waals surface area contributed by atoms with E-state index in [2.05, 4.69) is 21.2 Å². The van der Waals surface area contributed by atoms with E-state index in [-0.39, 0.29) is 12.1 Å². The van der Waals surface area contributed by atoms with Gasteiger partial charge in [0.05, 0.1) is 5.56 Å². The first-order valence-electron chi connectivity index (χ1n) is 6.59. The van der Waals surface area contributed by atoms with E-state index in [0.717, 1.165) is 12.1 Å². The van der Waals surface area contributed by atoms with E-state index in [0.29, 0.717) is 10.0 Å². The molecule has 4 nitrogen and oxygen atoms in total. The minimum absolute atomic E-state index is 0.127. The molecule has 0 atom stereocenters. The quantitative estimate of drug-likeness (QED) is 0.806. The highest BCUT2D eigenvalue weighted by molar-refractivity contribution is 9.10. The molecule has 0 aromatic heterocycles.